The quantitative estimate of drug-likeness (QED) is 0.836. The van der Waals surface area contributed by atoms with E-state index in [9.17, 15) is 4.79 Å². The topological polar surface area (TPSA) is 69.5 Å². The van der Waals surface area contributed by atoms with Crippen molar-refractivity contribution < 1.29 is 9.53 Å². The molecule has 1 aromatic carbocycles. The lowest BCUT2D eigenvalue weighted by atomic mass is 10.2. The highest BCUT2D eigenvalue weighted by molar-refractivity contribution is 5.94. The fourth-order valence-corrected chi connectivity index (χ4v) is 3.48. The molecule has 1 amide bonds. The maximum Gasteiger partial charge on any atom is 0.255 e. The first-order valence-electron chi connectivity index (χ1n) is 9.39. The van der Waals surface area contributed by atoms with Crippen molar-refractivity contribution in [1.82, 2.24) is 14.8 Å². The smallest absolute Gasteiger partial charge is 0.255 e. The van der Waals surface area contributed by atoms with E-state index >= 15 is 0 Å². The third-order valence-corrected chi connectivity index (χ3v) is 5.04. The maximum atomic E-state index is 12.9. The van der Waals surface area contributed by atoms with Crippen LogP contribution in [0.3, 0.4) is 0 Å². The molecule has 0 unspecified atom stereocenters. The van der Waals surface area contributed by atoms with Gasteiger partial charge < -0.3 is 9.64 Å². The van der Waals surface area contributed by atoms with Crippen molar-refractivity contribution in [1.29, 1.82) is 5.26 Å². The Balaban J connectivity index is 1.44. The van der Waals surface area contributed by atoms with Crippen LogP contribution in [0.2, 0.25) is 0 Å². The van der Waals surface area contributed by atoms with Gasteiger partial charge in [0.1, 0.15) is 11.5 Å². The van der Waals surface area contributed by atoms with E-state index in [2.05, 4.69) is 16.0 Å². The third kappa shape index (κ3) is 4.26. The molecule has 4 rings (SSSR count). The highest BCUT2D eigenvalue weighted by atomic mass is 16.5. The molecule has 0 radical (unpaired) electrons. The van der Waals surface area contributed by atoms with Gasteiger partial charge in [0.05, 0.1) is 23.4 Å². The zero-order valence-corrected chi connectivity index (χ0v) is 15.2. The summed E-state index contributed by atoms with van der Waals surface area (Å²) in [6.45, 7) is 3.55. The van der Waals surface area contributed by atoms with Crippen LogP contribution in [0.4, 0.5) is 0 Å². The molecule has 2 heterocycles. The number of benzene rings is 1. The molecule has 0 bridgehead atoms. The zero-order chi connectivity index (χ0) is 18.6. The van der Waals surface area contributed by atoms with Gasteiger partial charge in [0.25, 0.3) is 5.91 Å². The molecule has 6 nitrogen and oxygen atoms in total. The van der Waals surface area contributed by atoms with Crippen molar-refractivity contribution in [2.45, 2.75) is 25.3 Å². The van der Waals surface area contributed by atoms with Gasteiger partial charge in [0.2, 0.25) is 0 Å². The number of amides is 1. The summed E-state index contributed by atoms with van der Waals surface area (Å²) >= 11 is 0. The highest BCUT2D eigenvalue weighted by Gasteiger charge is 2.31. The summed E-state index contributed by atoms with van der Waals surface area (Å²) in [5.74, 6) is 1.04. The minimum Gasteiger partial charge on any atom is -0.456 e. The molecule has 27 heavy (non-hydrogen) atoms. The van der Waals surface area contributed by atoms with Crippen LogP contribution < -0.4 is 4.74 Å². The van der Waals surface area contributed by atoms with Crippen molar-refractivity contribution in [3.63, 3.8) is 0 Å². The van der Waals surface area contributed by atoms with Gasteiger partial charge in [-0.05, 0) is 43.5 Å². The largest absolute Gasteiger partial charge is 0.456 e. The zero-order valence-electron chi connectivity index (χ0n) is 15.2. The van der Waals surface area contributed by atoms with Crippen LogP contribution in [0.5, 0.6) is 11.5 Å². The first kappa shape index (κ1) is 17.5. The summed E-state index contributed by atoms with van der Waals surface area (Å²) in [4.78, 5) is 21.5. The fourth-order valence-electron chi connectivity index (χ4n) is 3.48. The summed E-state index contributed by atoms with van der Waals surface area (Å²) in [5, 5.41) is 9.00. The molecule has 0 N–H and O–H groups in total. The molecule has 2 aliphatic rings. The normalized spacial score (nSPS) is 17.8. The second-order valence-corrected chi connectivity index (χ2v) is 7.06. The fraction of sp³-hybridized carbons (Fsp3) is 0.381. The van der Waals surface area contributed by atoms with E-state index in [1.54, 1.807) is 42.7 Å². The lowest BCUT2D eigenvalue weighted by molar-refractivity contribution is 0.0760. The number of hydrogen-bond donors (Lipinski definition) is 0. The van der Waals surface area contributed by atoms with E-state index in [0.29, 0.717) is 22.6 Å². The lowest BCUT2D eigenvalue weighted by Gasteiger charge is -2.22. The van der Waals surface area contributed by atoms with Crippen molar-refractivity contribution in [3.8, 4) is 17.6 Å². The Morgan fingerprint density at radius 1 is 1.11 bits per heavy atom. The molecule has 1 aliphatic carbocycles. The number of nitriles is 1. The monoisotopic (exact) mass is 362 g/mol. The Hall–Kier alpha value is -2.91. The van der Waals surface area contributed by atoms with Gasteiger partial charge in [-0.15, -0.1) is 0 Å². The number of rotatable bonds is 4. The molecule has 0 atom stereocenters. The van der Waals surface area contributed by atoms with E-state index in [1.807, 2.05) is 4.90 Å². The molecular formula is C21H22N4O2. The Morgan fingerprint density at radius 2 is 2.00 bits per heavy atom. The van der Waals surface area contributed by atoms with Crippen LogP contribution >= 0.6 is 0 Å². The Labute approximate surface area is 159 Å². The molecule has 1 saturated carbocycles. The van der Waals surface area contributed by atoms with Crippen LogP contribution in [0.1, 0.15) is 35.2 Å². The Kier molecular flexibility index (Phi) is 5.03. The van der Waals surface area contributed by atoms with Gasteiger partial charge in [0.15, 0.2) is 0 Å². The number of hydrogen-bond acceptors (Lipinski definition) is 5. The first-order chi connectivity index (χ1) is 13.2. The average molecular weight is 362 g/mol. The molecule has 138 valence electrons. The SMILES string of the molecule is N#Cc1cccc(Oc2cncc(C(=O)N3CCCN(C4CC4)CC3)c2)c1. The number of nitrogens with zero attached hydrogens (tertiary/aromatic N) is 4. The van der Waals surface area contributed by atoms with E-state index < -0.39 is 0 Å². The van der Waals surface area contributed by atoms with Gasteiger partial charge in [-0.1, -0.05) is 6.07 Å². The van der Waals surface area contributed by atoms with Gasteiger partial charge >= 0.3 is 0 Å². The Bertz CT molecular complexity index is 872. The first-order valence-corrected chi connectivity index (χ1v) is 9.39. The number of carbonyl (C=O) groups excluding carboxylic acids is 1. The molecule has 1 aromatic heterocycles. The lowest BCUT2D eigenvalue weighted by Crippen LogP contribution is -2.35. The van der Waals surface area contributed by atoms with Gasteiger partial charge in [-0.2, -0.15) is 5.26 Å². The van der Waals surface area contributed by atoms with Crippen LogP contribution in [0, 0.1) is 11.3 Å². The average Bonchev–Trinajstić information content (AvgIpc) is 3.54. The summed E-state index contributed by atoms with van der Waals surface area (Å²) in [7, 11) is 0. The number of pyridine rings is 1. The van der Waals surface area contributed by atoms with Crippen molar-refractivity contribution >= 4 is 5.91 Å². The van der Waals surface area contributed by atoms with Gasteiger partial charge in [-0.3, -0.25) is 14.7 Å². The third-order valence-electron chi connectivity index (χ3n) is 5.04. The minimum absolute atomic E-state index is 0.00336. The van der Waals surface area contributed by atoms with Gasteiger partial charge in [0, 0.05) is 38.4 Å². The molecule has 2 aromatic rings. The molecule has 2 fully saturated rings. The van der Waals surface area contributed by atoms with E-state index in [1.165, 1.54) is 12.8 Å². The minimum atomic E-state index is -0.00336. The molecule has 0 spiro atoms. The van der Waals surface area contributed by atoms with Crippen molar-refractivity contribution in [3.05, 3.63) is 53.9 Å². The second-order valence-electron chi connectivity index (χ2n) is 7.06. The predicted octanol–water partition coefficient (Wildman–Crippen LogP) is 3.06. The molecule has 1 aliphatic heterocycles. The van der Waals surface area contributed by atoms with E-state index in [-0.39, 0.29) is 5.91 Å². The standard InChI is InChI=1S/C21H22N4O2/c22-13-16-3-1-4-19(11-16)27-20-12-17(14-23-15-20)21(26)25-8-2-7-24(9-10-25)18-5-6-18/h1,3-4,11-12,14-15,18H,2,5-10H2. The molecular weight excluding hydrogens is 340 g/mol. The highest BCUT2D eigenvalue weighted by Crippen LogP contribution is 2.28. The number of aromatic nitrogens is 1. The van der Waals surface area contributed by atoms with E-state index in [4.69, 9.17) is 10.00 Å². The van der Waals surface area contributed by atoms with Gasteiger partial charge in [-0.25, -0.2) is 0 Å². The predicted molar refractivity (Wildman–Crippen MR) is 101 cm³/mol. The second kappa shape index (κ2) is 7.77. The maximum absolute atomic E-state index is 12.9. The van der Waals surface area contributed by atoms with Crippen LogP contribution in [-0.4, -0.2) is 52.9 Å². The van der Waals surface area contributed by atoms with Crippen molar-refractivity contribution in [2.75, 3.05) is 26.2 Å². The number of carbonyl (C=O) groups is 1. The molecule has 6 heteroatoms. The summed E-state index contributed by atoms with van der Waals surface area (Å²) in [6.07, 6.45) is 6.76. The van der Waals surface area contributed by atoms with Crippen molar-refractivity contribution in [2.24, 2.45) is 0 Å². The Morgan fingerprint density at radius 3 is 2.81 bits per heavy atom. The molecule has 1 saturated heterocycles. The summed E-state index contributed by atoms with van der Waals surface area (Å²) in [6, 6.07) is 11.5. The van der Waals surface area contributed by atoms with Crippen LogP contribution in [0.25, 0.3) is 0 Å². The van der Waals surface area contributed by atoms with E-state index in [0.717, 1.165) is 38.6 Å². The van der Waals surface area contributed by atoms with Crippen LogP contribution in [-0.2, 0) is 0 Å². The summed E-state index contributed by atoms with van der Waals surface area (Å²) in [5.41, 5.74) is 1.06. The van der Waals surface area contributed by atoms with Crippen LogP contribution in [0.15, 0.2) is 42.7 Å². The summed E-state index contributed by atoms with van der Waals surface area (Å²) < 4.78 is 5.79. The number of ether oxygens (including phenoxy) is 1.